The van der Waals surface area contributed by atoms with Gasteiger partial charge in [-0.3, -0.25) is 9.59 Å². The van der Waals surface area contributed by atoms with Gasteiger partial charge in [0.1, 0.15) is 17.7 Å². The maximum atomic E-state index is 14.4. The van der Waals surface area contributed by atoms with Crippen LogP contribution < -0.4 is 10.6 Å². The van der Waals surface area contributed by atoms with Crippen LogP contribution in [-0.2, 0) is 14.3 Å². The fourth-order valence-corrected chi connectivity index (χ4v) is 5.04. The lowest BCUT2D eigenvalue weighted by molar-refractivity contribution is -0.144. The van der Waals surface area contributed by atoms with E-state index in [0.717, 1.165) is 44.9 Å². The molecule has 2 rings (SSSR count). The molecule has 2 N–H and O–H groups in total. The lowest BCUT2D eigenvalue weighted by atomic mass is 9.92. The number of carbonyl (C=O) groups is 3. The van der Waals surface area contributed by atoms with Crippen molar-refractivity contribution in [1.29, 1.82) is 0 Å². The van der Waals surface area contributed by atoms with Gasteiger partial charge in [0, 0.05) is 18.2 Å². The highest BCUT2D eigenvalue weighted by molar-refractivity contribution is 5.92. The smallest absolute Gasteiger partial charge is 0.408 e. The van der Waals surface area contributed by atoms with Crippen molar-refractivity contribution in [1.82, 2.24) is 15.5 Å². The van der Waals surface area contributed by atoms with Gasteiger partial charge in [0.15, 0.2) is 0 Å². The Kier molecular flexibility index (Phi) is 12.8. The summed E-state index contributed by atoms with van der Waals surface area (Å²) in [6, 6.07) is 5.63. The zero-order valence-electron chi connectivity index (χ0n) is 24.8. The standard InChI is InChI=1S/C32H49N3O4/c1-8-11-17-22-35(30(37)27(23(4)9-2)34-31(38)39-32(5,6)7)28(26-21-16-15-18-24(26)10-3)29(36)33-25-19-13-12-14-20-25/h3,15-16,18,21,23,25,27-28H,8-9,11-14,17,19-20,22H2,1-2,4-7H3,(H,33,36)(H,34,38). The van der Waals surface area contributed by atoms with Gasteiger partial charge in [0.2, 0.25) is 11.8 Å². The van der Waals surface area contributed by atoms with Crippen LogP contribution >= 0.6 is 0 Å². The number of hydrogen-bond acceptors (Lipinski definition) is 4. The third-order valence-corrected chi connectivity index (χ3v) is 7.36. The summed E-state index contributed by atoms with van der Waals surface area (Å²) < 4.78 is 5.49. The normalized spacial score (nSPS) is 16.3. The molecule has 1 aromatic rings. The maximum Gasteiger partial charge on any atom is 0.408 e. The van der Waals surface area contributed by atoms with Crippen molar-refractivity contribution >= 4 is 17.9 Å². The van der Waals surface area contributed by atoms with Crippen LogP contribution in [0.1, 0.15) is 116 Å². The zero-order valence-corrected chi connectivity index (χ0v) is 24.8. The molecule has 3 amide bonds. The van der Waals surface area contributed by atoms with Crippen molar-refractivity contribution in [2.45, 2.75) is 123 Å². The van der Waals surface area contributed by atoms with Crippen molar-refractivity contribution in [3.8, 4) is 12.3 Å². The molecular weight excluding hydrogens is 490 g/mol. The van der Waals surface area contributed by atoms with Crippen molar-refractivity contribution < 1.29 is 19.1 Å². The molecule has 0 spiro atoms. The summed E-state index contributed by atoms with van der Waals surface area (Å²) in [4.78, 5) is 42.9. The van der Waals surface area contributed by atoms with E-state index in [1.165, 1.54) is 6.42 Å². The minimum absolute atomic E-state index is 0.0737. The van der Waals surface area contributed by atoms with E-state index in [0.29, 0.717) is 24.1 Å². The van der Waals surface area contributed by atoms with Crippen LogP contribution in [0.2, 0.25) is 0 Å². The molecule has 3 atom stereocenters. The number of hydrogen-bond donors (Lipinski definition) is 2. The highest BCUT2D eigenvalue weighted by atomic mass is 16.6. The molecule has 7 nitrogen and oxygen atoms in total. The number of ether oxygens (including phenoxy) is 1. The number of carbonyl (C=O) groups excluding carboxylic acids is 3. The molecule has 1 aromatic carbocycles. The Labute approximate surface area is 235 Å². The minimum atomic E-state index is -0.907. The number of nitrogens with zero attached hydrogens (tertiary/aromatic N) is 1. The first kappa shape index (κ1) is 32.2. The van der Waals surface area contributed by atoms with Crippen LogP contribution in [0, 0.1) is 18.3 Å². The van der Waals surface area contributed by atoms with Crippen LogP contribution in [0.25, 0.3) is 0 Å². The first-order valence-electron chi connectivity index (χ1n) is 14.7. The summed E-state index contributed by atoms with van der Waals surface area (Å²) >= 11 is 0. The predicted molar refractivity (Wildman–Crippen MR) is 156 cm³/mol. The quantitative estimate of drug-likeness (QED) is 0.248. The molecule has 0 aromatic heterocycles. The number of alkyl carbamates (subject to hydrolysis) is 1. The third kappa shape index (κ3) is 9.91. The van der Waals surface area contributed by atoms with Crippen LogP contribution in [0.15, 0.2) is 24.3 Å². The summed E-state index contributed by atoms with van der Waals surface area (Å²) in [5.74, 6) is 2.00. The molecule has 216 valence electrons. The van der Waals surface area contributed by atoms with Gasteiger partial charge in [-0.05, 0) is 57.6 Å². The molecule has 0 radical (unpaired) electrons. The largest absolute Gasteiger partial charge is 0.444 e. The summed E-state index contributed by atoms with van der Waals surface area (Å²) in [7, 11) is 0. The second-order valence-electron chi connectivity index (χ2n) is 11.7. The number of rotatable bonds is 12. The molecule has 3 unspecified atom stereocenters. The van der Waals surface area contributed by atoms with Gasteiger partial charge in [-0.2, -0.15) is 0 Å². The molecular formula is C32H49N3O4. The highest BCUT2D eigenvalue weighted by Gasteiger charge is 2.39. The van der Waals surface area contributed by atoms with E-state index >= 15 is 0 Å². The third-order valence-electron chi connectivity index (χ3n) is 7.36. The van der Waals surface area contributed by atoms with Crippen LogP contribution in [0.3, 0.4) is 0 Å². The highest BCUT2D eigenvalue weighted by Crippen LogP contribution is 2.29. The van der Waals surface area contributed by atoms with Gasteiger partial charge < -0.3 is 20.3 Å². The Balaban J connectivity index is 2.54. The topological polar surface area (TPSA) is 87.7 Å². The average Bonchev–Trinajstić information content (AvgIpc) is 2.90. The van der Waals surface area contributed by atoms with Crippen molar-refractivity contribution in [3.05, 3.63) is 35.4 Å². The predicted octanol–water partition coefficient (Wildman–Crippen LogP) is 6.12. The minimum Gasteiger partial charge on any atom is -0.444 e. The van der Waals surface area contributed by atoms with E-state index in [1.54, 1.807) is 31.7 Å². The summed E-state index contributed by atoms with van der Waals surface area (Å²) in [5, 5.41) is 6.06. The SMILES string of the molecule is C#Cc1ccccc1C(C(=O)NC1CCCCC1)N(CCCCC)C(=O)C(NC(=O)OC(C)(C)C)C(C)CC. The summed E-state index contributed by atoms with van der Waals surface area (Å²) in [6.45, 7) is 11.7. The van der Waals surface area contributed by atoms with E-state index in [1.807, 2.05) is 32.0 Å². The van der Waals surface area contributed by atoms with E-state index < -0.39 is 23.8 Å². The van der Waals surface area contributed by atoms with Gasteiger partial charge in [0.05, 0.1) is 0 Å². The average molecular weight is 540 g/mol. The van der Waals surface area contributed by atoms with Crippen LogP contribution in [0.4, 0.5) is 4.79 Å². The van der Waals surface area contributed by atoms with Gasteiger partial charge >= 0.3 is 6.09 Å². The molecule has 0 aliphatic heterocycles. The molecule has 1 fully saturated rings. The fraction of sp³-hybridized carbons (Fsp3) is 0.656. The second kappa shape index (κ2) is 15.5. The Bertz CT molecular complexity index is 988. The van der Waals surface area contributed by atoms with Crippen molar-refractivity contribution in [3.63, 3.8) is 0 Å². The monoisotopic (exact) mass is 539 g/mol. The summed E-state index contributed by atoms with van der Waals surface area (Å²) in [5.41, 5.74) is 0.496. The Morgan fingerprint density at radius 2 is 1.77 bits per heavy atom. The van der Waals surface area contributed by atoms with E-state index in [2.05, 4.69) is 23.5 Å². The van der Waals surface area contributed by atoms with Crippen molar-refractivity contribution in [2.75, 3.05) is 6.54 Å². The number of amides is 3. The van der Waals surface area contributed by atoms with Gasteiger partial charge in [0.25, 0.3) is 0 Å². The molecule has 1 aliphatic rings. The molecule has 1 saturated carbocycles. The molecule has 39 heavy (non-hydrogen) atoms. The van der Waals surface area contributed by atoms with Crippen LogP contribution in [-0.4, -0.2) is 47.0 Å². The molecule has 1 aliphatic carbocycles. The molecule has 7 heteroatoms. The molecule has 0 bridgehead atoms. The van der Waals surface area contributed by atoms with E-state index in [4.69, 9.17) is 11.2 Å². The summed E-state index contributed by atoms with van der Waals surface area (Å²) in [6.07, 6.45) is 13.7. The van der Waals surface area contributed by atoms with E-state index in [-0.39, 0.29) is 23.8 Å². The maximum absolute atomic E-state index is 14.4. The van der Waals surface area contributed by atoms with Crippen LogP contribution in [0.5, 0.6) is 0 Å². The lowest BCUT2D eigenvalue weighted by Crippen LogP contribution is -2.56. The number of nitrogens with one attached hydrogen (secondary N) is 2. The first-order chi connectivity index (χ1) is 18.5. The fourth-order valence-electron chi connectivity index (χ4n) is 5.04. The number of terminal acetylenes is 1. The van der Waals surface area contributed by atoms with Gasteiger partial charge in [-0.15, -0.1) is 6.42 Å². The van der Waals surface area contributed by atoms with Gasteiger partial charge in [-0.1, -0.05) is 83.4 Å². The molecule has 0 heterocycles. The van der Waals surface area contributed by atoms with Crippen molar-refractivity contribution in [2.24, 2.45) is 5.92 Å². The molecule has 0 saturated heterocycles. The lowest BCUT2D eigenvalue weighted by Gasteiger charge is -2.37. The zero-order chi connectivity index (χ0) is 29.0. The second-order valence-corrected chi connectivity index (χ2v) is 11.7. The van der Waals surface area contributed by atoms with Gasteiger partial charge in [-0.25, -0.2) is 4.79 Å². The first-order valence-corrected chi connectivity index (χ1v) is 14.7. The Morgan fingerprint density at radius 1 is 1.10 bits per heavy atom. The Morgan fingerprint density at radius 3 is 2.36 bits per heavy atom. The van der Waals surface area contributed by atoms with E-state index in [9.17, 15) is 14.4 Å². The number of benzene rings is 1. The Hall–Kier alpha value is -3.01. The number of unbranched alkanes of at least 4 members (excludes halogenated alkanes) is 2.